The highest BCUT2D eigenvalue weighted by molar-refractivity contribution is 4.81. The minimum atomic E-state index is 0.620. The van der Waals surface area contributed by atoms with Crippen LogP contribution < -0.4 is 5.32 Å². The second-order valence-corrected chi connectivity index (χ2v) is 5.22. The van der Waals surface area contributed by atoms with Crippen LogP contribution in [0.3, 0.4) is 0 Å². The number of nitrogens with zero attached hydrogens (tertiary/aromatic N) is 4. The molecule has 0 atom stereocenters. The van der Waals surface area contributed by atoms with E-state index in [1.165, 1.54) is 51.9 Å². The van der Waals surface area contributed by atoms with Crippen LogP contribution in [0.5, 0.6) is 0 Å². The average Bonchev–Trinajstić information content (AvgIpc) is 2.41. The highest BCUT2D eigenvalue weighted by Crippen LogP contribution is 2.30. The van der Waals surface area contributed by atoms with Gasteiger partial charge >= 0.3 is 0 Å². The number of rotatable bonds is 4. The summed E-state index contributed by atoms with van der Waals surface area (Å²) in [5.74, 6) is 1.89. The van der Waals surface area contributed by atoms with Gasteiger partial charge in [-0.2, -0.15) is 0 Å². The largest absolute Gasteiger partial charge is 0.317 e. The predicted octanol–water partition coefficient (Wildman–Crippen LogP) is 2.01. The van der Waals surface area contributed by atoms with Crippen molar-refractivity contribution in [3.05, 3.63) is 10.4 Å². The van der Waals surface area contributed by atoms with E-state index < -0.39 is 0 Å². The third-order valence-electron chi connectivity index (χ3n) is 4.26. The molecule has 0 aromatic rings. The second kappa shape index (κ2) is 6.84. The van der Waals surface area contributed by atoms with Crippen molar-refractivity contribution in [2.45, 2.75) is 25.7 Å². The fraction of sp³-hybridized carbons (Fsp3) is 1.00. The van der Waals surface area contributed by atoms with E-state index in [2.05, 4.69) is 20.2 Å². The lowest BCUT2D eigenvalue weighted by molar-refractivity contribution is 0.133. The van der Waals surface area contributed by atoms with Gasteiger partial charge in [0.25, 0.3) is 0 Å². The summed E-state index contributed by atoms with van der Waals surface area (Å²) in [6.07, 6.45) is 5.40. The normalized spacial score (nSPS) is 24.5. The first-order valence-corrected chi connectivity index (χ1v) is 6.84. The van der Waals surface area contributed by atoms with Crippen LogP contribution in [0.25, 0.3) is 10.4 Å². The monoisotopic (exact) mass is 237 g/mol. The van der Waals surface area contributed by atoms with Crippen LogP contribution in [-0.4, -0.2) is 44.2 Å². The second-order valence-electron chi connectivity index (χ2n) is 5.22. The molecule has 1 N–H and O–H groups in total. The van der Waals surface area contributed by atoms with Gasteiger partial charge < -0.3 is 10.2 Å². The lowest BCUT2D eigenvalue weighted by Crippen LogP contribution is -2.40. The topological polar surface area (TPSA) is 64.0 Å². The van der Waals surface area contributed by atoms with E-state index in [4.69, 9.17) is 5.53 Å². The Morgan fingerprint density at radius 2 is 1.76 bits per heavy atom. The Labute approximate surface area is 103 Å². The van der Waals surface area contributed by atoms with E-state index in [9.17, 15) is 0 Å². The van der Waals surface area contributed by atoms with Gasteiger partial charge in [-0.15, -0.1) is 0 Å². The van der Waals surface area contributed by atoms with Gasteiger partial charge in [-0.05, 0) is 69.2 Å². The molecule has 0 unspecified atom stereocenters. The molecule has 2 aliphatic rings. The Kier molecular flexibility index (Phi) is 5.10. The summed E-state index contributed by atoms with van der Waals surface area (Å²) in [6.45, 7) is 6.35. The number of nitrogens with one attached hydrogen (secondary N) is 1. The summed E-state index contributed by atoms with van der Waals surface area (Å²) in [5.41, 5.74) is 8.24. The summed E-state index contributed by atoms with van der Waals surface area (Å²) in [5, 5.41) is 7.05. The van der Waals surface area contributed by atoms with Crippen LogP contribution in [-0.2, 0) is 0 Å². The lowest BCUT2D eigenvalue weighted by atomic mass is 9.79. The first-order chi connectivity index (χ1) is 8.40. The first-order valence-electron chi connectivity index (χ1n) is 6.84. The zero-order valence-corrected chi connectivity index (χ0v) is 10.5. The van der Waals surface area contributed by atoms with E-state index in [1.54, 1.807) is 0 Å². The van der Waals surface area contributed by atoms with E-state index in [0.717, 1.165) is 18.4 Å². The van der Waals surface area contributed by atoms with E-state index >= 15 is 0 Å². The minimum absolute atomic E-state index is 0.620. The van der Waals surface area contributed by atoms with Crippen LogP contribution in [0.2, 0.25) is 0 Å². The summed E-state index contributed by atoms with van der Waals surface area (Å²) < 4.78 is 0. The Morgan fingerprint density at radius 1 is 1.12 bits per heavy atom. The van der Waals surface area contributed by atoms with Crippen LogP contribution in [0.4, 0.5) is 0 Å². The van der Waals surface area contributed by atoms with Gasteiger partial charge in [-0.3, -0.25) is 0 Å². The third kappa shape index (κ3) is 3.87. The first kappa shape index (κ1) is 12.7. The standard InChI is InChI=1S/C12H23N5/c13-16-15-7-10-17-8-3-12(4-9-17)11-1-5-14-6-2-11/h11-12,14H,1-10H2. The van der Waals surface area contributed by atoms with E-state index in [1.807, 2.05) is 0 Å². The molecule has 2 fully saturated rings. The molecule has 2 saturated heterocycles. The van der Waals surface area contributed by atoms with Crippen LogP contribution in [0.15, 0.2) is 5.11 Å². The number of hydrogen-bond acceptors (Lipinski definition) is 3. The van der Waals surface area contributed by atoms with Gasteiger partial charge in [0.05, 0.1) is 0 Å². The number of azide groups is 1. The Bertz CT molecular complexity index is 260. The number of likely N-dealkylation sites (tertiary alicyclic amines) is 1. The van der Waals surface area contributed by atoms with Crippen molar-refractivity contribution in [3.8, 4) is 0 Å². The van der Waals surface area contributed by atoms with Crippen LogP contribution >= 0.6 is 0 Å². The third-order valence-corrected chi connectivity index (χ3v) is 4.26. The van der Waals surface area contributed by atoms with Crippen molar-refractivity contribution < 1.29 is 0 Å². The molecule has 0 radical (unpaired) electrons. The van der Waals surface area contributed by atoms with Gasteiger partial charge in [0.1, 0.15) is 0 Å². The zero-order valence-electron chi connectivity index (χ0n) is 10.5. The van der Waals surface area contributed by atoms with Gasteiger partial charge in [-0.25, -0.2) is 0 Å². The smallest absolute Gasteiger partial charge is 0.0385 e. The summed E-state index contributed by atoms with van der Waals surface area (Å²) in [7, 11) is 0. The van der Waals surface area contributed by atoms with E-state index in [0.29, 0.717) is 6.54 Å². The minimum Gasteiger partial charge on any atom is -0.317 e. The molecular formula is C12H23N5. The SMILES string of the molecule is [N-]=[N+]=NCCN1CCC(C2CCNCC2)CC1. The predicted molar refractivity (Wildman–Crippen MR) is 68.8 cm³/mol. The fourth-order valence-electron chi connectivity index (χ4n) is 3.19. The van der Waals surface area contributed by atoms with Gasteiger partial charge in [-0.1, -0.05) is 5.11 Å². The van der Waals surface area contributed by atoms with Gasteiger partial charge in [0, 0.05) is 18.0 Å². The highest BCUT2D eigenvalue weighted by Gasteiger charge is 2.27. The quantitative estimate of drug-likeness (QED) is 0.462. The lowest BCUT2D eigenvalue weighted by Gasteiger charge is -2.37. The molecule has 0 spiro atoms. The molecule has 0 amide bonds. The molecule has 0 saturated carbocycles. The summed E-state index contributed by atoms with van der Waals surface area (Å²) >= 11 is 0. The molecule has 17 heavy (non-hydrogen) atoms. The summed E-state index contributed by atoms with van der Waals surface area (Å²) in [4.78, 5) is 5.24. The summed E-state index contributed by atoms with van der Waals surface area (Å²) in [6, 6.07) is 0. The molecule has 5 nitrogen and oxygen atoms in total. The molecule has 0 aromatic heterocycles. The van der Waals surface area contributed by atoms with E-state index in [-0.39, 0.29) is 0 Å². The Balaban J connectivity index is 1.68. The maximum absolute atomic E-state index is 8.24. The molecule has 2 rings (SSSR count). The molecule has 2 aliphatic heterocycles. The molecule has 96 valence electrons. The molecule has 0 aromatic carbocycles. The van der Waals surface area contributed by atoms with Crippen LogP contribution in [0.1, 0.15) is 25.7 Å². The van der Waals surface area contributed by atoms with Gasteiger partial charge in [0.2, 0.25) is 0 Å². The Hall–Kier alpha value is -0.770. The van der Waals surface area contributed by atoms with Crippen molar-refractivity contribution in [1.29, 1.82) is 0 Å². The highest BCUT2D eigenvalue weighted by atomic mass is 15.2. The maximum atomic E-state index is 8.24. The molecular weight excluding hydrogens is 214 g/mol. The van der Waals surface area contributed by atoms with Crippen molar-refractivity contribution in [3.63, 3.8) is 0 Å². The van der Waals surface area contributed by atoms with Crippen molar-refractivity contribution in [1.82, 2.24) is 10.2 Å². The zero-order chi connectivity index (χ0) is 11.9. The Morgan fingerprint density at radius 3 is 2.41 bits per heavy atom. The molecule has 5 heteroatoms. The van der Waals surface area contributed by atoms with Crippen molar-refractivity contribution in [2.24, 2.45) is 17.0 Å². The maximum Gasteiger partial charge on any atom is 0.0385 e. The van der Waals surface area contributed by atoms with Crippen LogP contribution in [0, 0.1) is 11.8 Å². The van der Waals surface area contributed by atoms with Crippen molar-refractivity contribution in [2.75, 3.05) is 39.3 Å². The fourth-order valence-corrected chi connectivity index (χ4v) is 3.19. The average molecular weight is 237 g/mol. The number of hydrogen-bond donors (Lipinski definition) is 1. The molecule has 0 aliphatic carbocycles. The van der Waals surface area contributed by atoms with Gasteiger partial charge in [0.15, 0.2) is 0 Å². The van der Waals surface area contributed by atoms with Crippen molar-refractivity contribution >= 4 is 0 Å². The molecule has 2 heterocycles. The number of piperidine rings is 2. The molecule has 0 bridgehead atoms.